The fourth-order valence-electron chi connectivity index (χ4n) is 1.61. The van der Waals surface area contributed by atoms with Crippen LogP contribution in [0.15, 0.2) is 0 Å². The molecule has 0 aromatic rings. The first-order valence-electron chi connectivity index (χ1n) is 6.88. The molecule has 6 heteroatoms. The van der Waals surface area contributed by atoms with Gasteiger partial charge in [-0.3, -0.25) is 9.59 Å². The minimum atomic E-state index is 0. The number of hydrogen-bond acceptors (Lipinski definition) is 3. The second-order valence-corrected chi connectivity index (χ2v) is 4.49. The summed E-state index contributed by atoms with van der Waals surface area (Å²) in [5.74, 6) is 0.154. The number of carbonyl (C=O) groups is 2. The van der Waals surface area contributed by atoms with Crippen LogP contribution < -0.4 is 16.4 Å². The SMILES string of the molecule is Br.CC(=O)NCCCCCCNC(=O)CCCCN. The Labute approximate surface area is 126 Å². The average Bonchev–Trinajstić information content (AvgIpc) is 2.32. The van der Waals surface area contributed by atoms with Crippen LogP contribution in [-0.4, -0.2) is 31.4 Å². The van der Waals surface area contributed by atoms with Crippen molar-refractivity contribution in [1.29, 1.82) is 0 Å². The van der Waals surface area contributed by atoms with Gasteiger partial charge in [0.15, 0.2) is 0 Å². The molecule has 0 aliphatic rings. The zero-order chi connectivity index (χ0) is 13.6. The van der Waals surface area contributed by atoms with E-state index in [0.717, 1.165) is 51.6 Å². The smallest absolute Gasteiger partial charge is 0.219 e. The quantitative estimate of drug-likeness (QED) is 0.499. The highest BCUT2D eigenvalue weighted by molar-refractivity contribution is 8.93. The zero-order valence-corrected chi connectivity index (χ0v) is 13.6. The van der Waals surface area contributed by atoms with Crippen LogP contribution >= 0.6 is 17.0 Å². The molecule has 0 aliphatic heterocycles. The van der Waals surface area contributed by atoms with E-state index < -0.39 is 0 Å². The first-order chi connectivity index (χ1) is 8.66. The van der Waals surface area contributed by atoms with Crippen molar-refractivity contribution in [3.63, 3.8) is 0 Å². The summed E-state index contributed by atoms with van der Waals surface area (Å²) >= 11 is 0. The lowest BCUT2D eigenvalue weighted by atomic mass is 10.2. The molecule has 0 bridgehead atoms. The molecule has 0 saturated heterocycles. The van der Waals surface area contributed by atoms with Crippen LogP contribution in [0.3, 0.4) is 0 Å². The van der Waals surface area contributed by atoms with Crippen LogP contribution in [0.25, 0.3) is 0 Å². The monoisotopic (exact) mass is 337 g/mol. The minimum absolute atomic E-state index is 0. The Morgan fingerprint density at radius 1 is 0.895 bits per heavy atom. The Morgan fingerprint density at radius 3 is 2.00 bits per heavy atom. The lowest BCUT2D eigenvalue weighted by molar-refractivity contribution is -0.121. The fraction of sp³-hybridized carbons (Fsp3) is 0.846. The second kappa shape index (κ2) is 15.4. The molecule has 5 nitrogen and oxygen atoms in total. The van der Waals surface area contributed by atoms with Crippen molar-refractivity contribution >= 4 is 28.8 Å². The van der Waals surface area contributed by atoms with Gasteiger partial charge in [0, 0.05) is 26.4 Å². The van der Waals surface area contributed by atoms with Crippen molar-refractivity contribution in [3.8, 4) is 0 Å². The lowest BCUT2D eigenvalue weighted by Gasteiger charge is -2.05. The van der Waals surface area contributed by atoms with Crippen molar-refractivity contribution in [3.05, 3.63) is 0 Å². The van der Waals surface area contributed by atoms with Crippen molar-refractivity contribution in [2.45, 2.75) is 51.9 Å². The zero-order valence-electron chi connectivity index (χ0n) is 11.9. The van der Waals surface area contributed by atoms with Gasteiger partial charge in [-0.05, 0) is 32.2 Å². The molecule has 0 atom stereocenters. The number of halogens is 1. The molecular formula is C13H28BrN3O2. The Bertz CT molecular complexity index is 238. The molecule has 0 saturated carbocycles. The van der Waals surface area contributed by atoms with Crippen molar-refractivity contribution in [1.82, 2.24) is 10.6 Å². The molecule has 0 rings (SSSR count). The standard InChI is InChI=1S/C13H27N3O2.BrH/c1-12(17)15-10-6-2-3-7-11-16-13(18)8-4-5-9-14;/h2-11,14H2,1H3,(H,15,17)(H,16,18);1H. The summed E-state index contributed by atoms with van der Waals surface area (Å²) in [4.78, 5) is 21.9. The van der Waals surface area contributed by atoms with Crippen molar-refractivity contribution < 1.29 is 9.59 Å². The summed E-state index contributed by atoms with van der Waals surface area (Å²) in [6.07, 6.45) is 6.55. The van der Waals surface area contributed by atoms with E-state index in [0.29, 0.717) is 13.0 Å². The molecule has 19 heavy (non-hydrogen) atoms. The maximum absolute atomic E-state index is 11.3. The van der Waals surface area contributed by atoms with Crippen LogP contribution in [0.4, 0.5) is 0 Å². The molecule has 0 heterocycles. The molecule has 0 spiro atoms. The number of rotatable bonds is 11. The molecule has 114 valence electrons. The van der Waals surface area contributed by atoms with Gasteiger partial charge < -0.3 is 16.4 Å². The molecular weight excluding hydrogens is 310 g/mol. The maximum atomic E-state index is 11.3. The number of carbonyl (C=O) groups excluding carboxylic acids is 2. The van der Waals surface area contributed by atoms with Gasteiger partial charge in [-0.25, -0.2) is 0 Å². The van der Waals surface area contributed by atoms with Crippen molar-refractivity contribution in [2.75, 3.05) is 19.6 Å². The predicted octanol–water partition coefficient (Wildman–Crippen LogP) is 1.51. The van der Waals surface area contributed by atoms with E-state index in [9.17, 15) is 9.59 Å². The Hall–Kier alpha value is -0.620. The molecule has 0 fully saturated rings. The summed E-state index contributed by atoms with van der Waals surface area (Å²) in [5.41, 5.74) is 5.36. The van der Waals surface area contributed by atoms with E-state index in [2.05, 4.69) is 10.6 Å². The molecule has 0 aromatic heterocycles. The van der Waals surface area contributed by atoms with E-state index in [1.54, 1.807) is 0 Å². The Kier molecular flexibility index (Phi) is 16.8. The van der Waals surface area contributed by atoms with Gasteiger partial charge in [-0.2, -0.15) is 0 Å². The summed E-state index contributed by atoms with van der Waals surface area (Å²) in [6, 6.07) is 0. The van der Waals surface area contributed by atoms with Gasteiger partial charge in [0.2, 0.25) is 11.8 Å². The molecule has 0 unspecified atom stereocenters. The molecule has 0 aliphatic carbocycles. The highest BCUT2D eigenvalue weighted by Gasteiger charge is 1.99. The van der Waals surface area contributed by atoms with E-state index in [1.807, 2.05) is 0 Å². The molecule has 4 N–H and O–H groups in total. The summed E-state index contributed by atoms with van der Waals surface area (Å²) in [6.45, 7) is 3.68. The van der Waals surface area contributed by atoms with E-state index in [1.165, 1.54) is 6.92 Å². The Morgan fingerprint density at radius 2 is 1.47 bits per heavy atom. The highest BCUT2D eigenvalue weighted by atomic mass is 79.9. The lowest BCUT2D eigenvalue weighted by Crippen LogP contribution is -2.24. The normalized spacial score (nSPS) is 9.58. The maximum Gasteiger partial charge on any atom is 0.219 e. The predicted molar refractivity (Wildman–Crippen MR) is 83.4 cm³/mol. The van der Waals surface area contributed by atoms with Crippen LogP contribution in [0.2, 0.25) is 0 Å². The minimum Gasteiger partial charge on any atom is -0.356 e. The van der Waals surface area contributed by atoms with E-state index in [4.69, 9.17) is 5.73 Å². The van der Waals surface area contributed by atoms with E-state index >= 15 is 0 Å². The topological polar surface area (TPSA) is 84.2 Å². The number of nitrogens with two attached hydrogens (primary N) is 1. The first kappa shape index (κ1) is 20.7. The van der Waals surface area contributed by atoms with Gasteiger partial charge >= 0.3 is 0 Å². The molecule has 0 aromatic carbocycles. The van der Waals surface area contributed by atoms with Gasteiger partial charge in [-0.15, -0.1) is 17.0 Å². The molecule has 2 amide bonds. The number of hydrogen-bond donors (Lipinski definition) is 3. The second-order valence-electron chi connectivity index (χ2n) is 4.49. The summed E-state index contributed by atoms with van der Waals surface area (Å²) in [7, 11) is 0. The summed E-state index contributed by atoms with van der Waals surface area (Å²) in [5, 5.41) is 5.67. The first-order valence-corrected chi connectivity index (χ1v) is 6.88. The third-order valence-electron chi connectivity index (χ3n) is 2.66. The third-order valence-corrected chi connectivity index (χ3v) is 2.66. The molecule has 0 radical (unpaired) electrons. The fourth-order valence-corrected chi connectivity index (χ4v) is 1.61. The largest absolute Gasteiger partial charge is 0.356 e. The van der Waals surface area contributed by atoms with E-state index in [-0.39, 0.29) is 28.8 Å². The van der Waals surface area contributed by atoms with Gasteiger partial charge in [0.25, 0.3) is 0 Å². The van der Waals surface area contributed by atoms with Crippen LogP contribution in [0, 0.1) is 0 Å². The summed E-state index contributed by atoms with van der Waals surface area (Å²) < 4.78 is 0. The number of nitrogens with one attached hydrogen (secondary N) is 2. The average molecular weight is 338 g/mol. The van der Waals surface area contributed by atoms with Crippen molar-refractivity contribution in [2.24, 2.45) is 5.73 Å². The van der Waals surface area contributed by atoms with Gasteiger partial charge in [0.05, 0.1) is 0 Å². The van der Waals surface area contributed by atoms with Crippen LogP contribution in [-0.2, 0) is 9.59 Å². The van der Waals surface area contributed by atoms with Crippen LogP contribution in [0.5, 0.6) is 0 Å². The number of amides is 2. The van der Waals surface area contributed by atoms with Gasteiger partial charge in [-0.1, -0.05) is 12.8 Å². The van der Waals surface area contributed by atoms with Gasteiger partial charge in [0.1, 0.15) is 0 Å². The third kappa shape index (κ3) is 17.4. The Balaban J connectivity index is 0. The van der Waals surface area contributed by atoms with Crippen LogP contribution in [0.1, 0.15) is 51.9 Å². The highest BCUT2D eigenvalue weighted by Crippen LogP contribution is 1.98. The number of unbranched alkanes of at least 4 members (excludes halogenated alkanes) is 4.